The fourth-order valence-electron chi connectivity index (χ4n) is 4.58. The molecule has 0 spiro atoms. The lowest BCUT2D eigenvalue weighted by molar-refractivity contribution is -0.115. The van der Waals surface area contributed by atoms with E-state index in [1.54, 1.807) is 0 Å². The molecule has 2 saturated heterocycles. The molecule has 3 aliphatic heterocycles. The van der Waals surface area contributed by atoms with Crippen molar-refractivity contribution < 1.29 is 68.3 Å². The quantitative estimate of drug-likeness (QED) is 0.113. The number of imidazole rings is 1. The van der Waals surface area contributed by atoms with Gasteiger partial charge >= 0.3 is 15.6 Å². The third-order valence-electron chi connectivity index (χ3n) is 6.75. The van der Waals surface area contributed by atoms with Crippen molar-refractivity contribution in [3.63, 3.8) is 0 Å². The molecule has 21 nitrogen and oxygen atoms in total. The van der Waals surface area contributed by atoms with E-state index in [1.165, 1.54) is 23.2 Å². The first-order chi connectivity index (χ1) is 21.1. The minimum Gasteiger partial charge on any atom is -0.387 e. The molecule has 10 N–H and O–H groups in total. The number of aromatic nitrogens is 4. The van der Waals surface area contributed by atoms with Crippen LogP contribution in [0.3, 0.4) is 0 Å². The van der Waals surface area contributed by atoms with Crippen LogP contribution in [0.25, 0.3) is 11.2 Å². The molecule has 242 valence electrons. The summed E-state index contributed by atoms with van der Waals surface area (Å²) in [6, 6.07) is 0. The highest BCUT2D eigenvalue weighted by Gasteiger charge is 2.48. The number of allylic oxidation sites excluding steroid dienone is 1. The first kappa shape index (κ1) is 31.1. The monoisotopic (exact) mass is 666 g/mol. The number of hydrogen-bond donors (Lipinski definition) is 8. The first-order valence-corrected chi connectivity index (χ1v) is 15.6. The van der Waals surface area contributed by atoms with Crippen molar-refractivity contribution in [3.8, 4) is 0 Å². The van der Waals surface area contributed by atoms with Crippen LogP contribution in [0.15, 0.2) is 36.7 Å². The summed E-state index contributed by atoms with van der Waals surface area (Å²) in [5.74, 6) is -0.854. The van der Waals surface area contributed by atoms with Crippen molar-refractivity contribution in [2.24, 2.45) is 5.73 Å². The Morgan fingerprint density at radius 1 is 1.00 bits per heavy atom. The summed E-state index contributed by atoms with van der Waals surface area (Å²) in [6.45, 7) is -1.84. The number of carbonyl (C=O) groups excluding carboxylic acids is 1. The number of ether oxygens (including phenoxy) is 2. The largest absolute Gasteiger partial charge is 0.481 e. The van der Waals surface area contributed by atoms with Crippen LogP contribution in [0, 0.1) is 0 Å². The van der Waals surface area contributed by atoms with Gasteiger partial charge in [-0.1, -0.05) is 6.08 Å². The Morgan fingerprint density at radius 2 is 1.59 bits per heavy atom. The Hall–Kier alpha value is -2.88. The number of carbonyl (C=O) groups is 1. The van der Waals surface area contributed by atoms with E-state index in [9.17, 15) is 44.1 Å². The minimum atomic E-state index is -5.40. The number of nitrogens with two attached hydrogens (primary N) is 2. The van der Waals surface area contributed by atoms with E-state index < -0.39 is 90.2 Å². The van der Waals surface area contributed by atoms with Crippen LogP contribution < -0.4 is 11.5 Å². The second-order valence-corrected chi connectivity index (χ2v) is 12.7. The average Bonchev–Trinajstić information content (AvgIpc) is 3.61. The summed E-state index contributed by atoms with van der Waals surface area (Å²) in [4.78, 5) is 44.6. The van der Waals surface area contributed by atoms with Crippen molar-refractivity contribution in [2.75, 3.05) is 18.9 Å². The normalized spacial score (nSPS) is 35.3. The van der Waals surface area contributed by atoms with Gasteiger partial charge in [-0.2, -0.15) is 4.31 Å². The van der Waals surface area contributed by atoms with Crippen molar-refractivity contribution >= 4 is 38.5 Å². The lowest BCUT2D eigenvalue weighted by atomic mass is 10.1. The zero-order chi connectivity index (χ0) is 32.8. The maximum Gasteiger partial charge on any atom is 0.481 e. The third-order valence-corrected chi connectivity index (χ3v) is 9.35. The van der Waals surface area contributed by atoms with E-state index in [0.29, 0.717) is 0 Å². The molecule has 5 heterocycles. The van der Waals surface area contributed by atoms with Gasteiger partial charge in [-0.25, -0.2) is 24.1 Å². The number of anilines is 1. The number of phosphoric acid groups is 2. The van der Waals surface area contributed by atoms with Gasteiger partial charge in [0.2, 0.25) is 5.91 Å². The lowest BCUT2D eigenvalue weighted by Gasteiger charge is -2.28. The number of nitrogen functional groups attached to an aromatic ring is 1. The molecule has 0 bridgehead atoms. The van der Waals surface area contributed by atoms with E-state index in [2.05, 4.69) is 23.8 Å². The highest BCUT2D eigenvalue weighted by molar-refractivity contribution is 7.61. The Balaban J connectivity index is 1.15. The Labute approximate surface area is 248 Å². The van der Waals surface area contributed by atoms with Gasteiger partial charge in [-0.15, -0.1) is 0 Å². The lowest BCUT2D eigenvalue weighted by Crippen LogP contribution is -2.40. The molecule has 2 fully saturated rings. The van der Waals surface area contributed by atoms with Gasteiger partial charge in [0, 0.05) is 19.3 Å². The molecule has 0 radical (unpaired) electrons. The smallest absolute Gasteiger partial charge is 0.387 e. The molecule has 0 aliphatic carbocycles. The predicted molar refractivity (Wildman–Crippen MR) is 142 cm³/mol. The Morgan fingerprint density at radius 3 is 2.20 bits per heavy atom. The van der Waals surface area contributed by atoms with E-state index in [1.807, 2.05) is 0 Å². The van der Waals surface area contributed by atoms with Crippen LogP contribution in [-0.4, -0.2) is 117 Å². The summed E-state index contributed by atoms with van der Waals surface area (Å²) < 4.78 is 58.6. The average molecular weight is 666 g/mol. The van der Waals surface area contributed by atoms with E-state index >= 15 is 0 Å². The number of hydrogen-bond acceptors (Lipinski definition) is 17. The molecule has 23 heteroatoms. The minimum absolute atomic E-state index is 0.0451. The van der Waals surface area contributed by atoms with Crippen molar-refractivity contribution in [3.05, 3.63) is 36.7 Å². The molecule has 2 aromatic rings. The molecule has 0 aromatic carbocycles. The summed E-state index contributed by atoms with van der Waals surface area (Å²) >= 11 is 0. The van der Waals surface area contributed by atoms with Gasteiger partial charge in [0.25, 0.3) is 0 Å². The molecular weight excluding hydrogens is 636 g/mol. The summed E-state index contributed by atoms with van der Waals surface area (Å²) in [7, 11) is -10.8. The van der Waals surface area contributed by atoms with Gasteiger partial charge in [-0.05, 0) is 6.40 Å². The number of nitrogens with zero attached hydrogens (tertiary/aromatic N) is 5. The zero-order valence-electron chi connectivity index (χ0n) is 23.2. The maximum atomic E-state index is 12.4. The van der Waals surface area contributed by atoms with Crippen LogP contribution in [0.2, 0.25) is 0 Å². The second kappa shape index (κ2) is 12.5. The van der Waals surface area contributed by atoms with E-state index in [0.717, 1.165) is 17.4 Å². The van der Waals surface area contributed by atoms with E-state index in [-0.39, 0.29) is 22.6 Å². The van der Waals surface area contributed by atoms with Crippen LogP contribution in [0.4, 0.5) is 5.82 Å². The molecule has 44 heavy (non-hydrogen) atoms. The molecule has 11 atom stereocenters. The number of fused-ring (bicyclic) bond motifs is 1. The van der Waals surface area contributed by atoms with Crippen LogP contribution in [-0.2, 0) is 36.8 Å². The van der Waals surface area contributed by atoms with Crippen molar-refractivity contribution in [1.29, 1.82) is 0 Å². The van der Waals surface area contributed by atoms with Crippen LogP contribution >= 0.6 is 15.6 Å². The van der Waals surface area contributed by atoms with Crippen molar-refractivity contribution in [2.45, 2.75) is 55.5 Å². The van der Waals surface area contributed by atoms with Gasteiger partial charge in [0.15, 0.2) is 23.9 Å². The molecule has 0 saturated carbocycles. The molecule has 1 amide bonds. The van der Waals surface area contributed by atoms with Gasteiger partial charge in [0.05, 0.1) is 19.5 Å². The number of aliphatic hydroxyl groups is 4. The van der Waals surface area contributed by atoms with Gasteiger partial charge < -0.3 is 56.1 Å². The first-order valence-electron chi connectivity index (χ1n) is 13.2. The van der Waals surface area contributed by atoms with Gasteiger partial charge in [-0.3, -0.25) is 18.4 Å². The molecule has 5 rings (SSSR count). The number of phosphoric ester groups is 2. The maximum absolute atomic E-state index is 12.4. The summed E-state index contributed by atoms with van der Waals surface area (Å²) in [6.07, 6.45) is -7.15. The predicted octanol–water partition coefficient (Wildman–Crippen LogP) is -2.69. The molecule has 2 aromatic heterocycles. The molecule has 2 unspecified atom stereocenters. The van der Waals surface area contributed by atoms with E-state index in [4.69, 9.17) is 26.8 Å². The number of primary amides is 1. The Kier molecular flexibility index (Phi) is 8.83. The number of rotatable bonds is 11. The highest BCUT2D eigenvalue weighted by atomic mass is 31.3. The topological polar surface area (TPSA) is 318 Å². The van der Waals surface area contributed by atoms with Crippen LogP contribution in [0.1, 0.15) is 14.0 Å². The highest BCUT2D eigenvalue weighted by Crippen LogP contribution is 2.60. The fourth-order valence-corrected chi connectivity index (χ4v) is 6.67. The fraction of sp³-hybridized carbons (Fsp3) is 0.524. The summed E-state index contributed by atoms with van der Waals surface area (Å²) in [5, 5.41) is 41.7. The zero-order valence-corrected chi connectivity index (χ0v) is 24.0. The number of amides is 1. The molecular formula is C21H29N7O14P2. The SMILES string of the molecule is [2H][C@@H]1C=CN([C@@H]2O[C@H](COP(=O)(O)OP(=O)(O)OC[C@H]3O[C@@H](n4cnc5c(N)ncnc54)[C@H](O)[C@@H]3O)[C@@H](O)[C@H]2O)C=C1C(N)=O. The summed E-state index contributed by atoms with van der Waals surface area (Å²) in [5.41, 5.74) is 11.2. The second-order valence-electron chi connectivity index (χ2n) is 9.69. The van der Waals surface area contributed by atoms with Crippen molar-refractivity contribution in [1.82, 2.24) is 24.4 Å². The standard InChI is InChI=1S/C21H29N7O14P2/c22-17-12-19(25-7-24-17)28(8-26-12)21-16(32)14(30)11(41-21)6-39-44(36,37)42-43(34,35)38-5-10-13(29)15(31)20(40-10)27-3-1-2-9(4-27)18(23)33/h1,3-4,7-8,10-11,13-16,20-21,29-32H,2,5-6H2,(H2,23,33)(H,34,35)(H,36,37)(H2,22,24,25)/t10-,11-,13-,14-,15-,16-,20-,21-/m1/s1/i2D/t2-,10-,11-,13-,14-,15-,16-,20-,21-. The van der Waals surface area contributed by atoms with Crippen LogP contribution in [0.5, 0.6) is 0 Å². The third kappa shape index (κ3) is 6.70. The Bertz CT molecular complexity index is 1600. The molecule has 3 aliphatic rings. The number of aliphatic hydroxyl groups excluding tert-OH is 4. The van der Waals surface area contributed by atoms with Gasteiger partial charge in [0.1, 0.15) is 48.5 Å².